The molecule has 0 bridgehead atoms. The Morgan fingerprint density at radius 2 is 1.85 bits per heavy atom. The lowest BCUT2D eigenvalue weighted by molar-refractivity contribution is 0.371. The first-order valence-corrected chi connectivity index (χ1v) is 14.2. The number of rotatable bonds is 4. The summed E-state index contributed by atoms with van der Waals surface area (Å²) in [5, 5.41) is 14.2. The summed E-state index contributed by atoms with van der Waals surface area (Å²) in [4.78, 5) is 0.861. The molecule has 3 aliphatic heterocycles. The molecule has 0 aliphatic carbocycles. The van der Waals surface area contributed by atoms with Crippen molar-refractivity contribution in [2.24, 2.45) is 0 Å². The Morgan fingerprint density at radius 3 is 2.62 bits per heavy atom. The smallest absolute Gasteiger partial charge is 0.172 e. The summed E-state index contributed by atoms with van der Waals surface area (Å²) in [5.41, 5.74) is 6.42. The van der Waals surface area contributed by atoms with E-state index in [1.165, 1.54) is 12.5 Å². The largest absolute Gasteiger partial charge is 0.504 e. The third-order valence-corrected chi connectivity index (χ3v) is 8.65. The average molecular weight is 545 g/mol. The average Bonchev–Trinajstić information content (AvgIpc) is 2.90. The lowest BCUT2D eigenvalue weighted by atomic mass is 9.83. The van der Waals surface area contributed by atoms with Crippen LogP contribution in [0, 0.1) is 5.82 Å². The molecule has 7 heteroatoms. The molecule has 0 spiro atoms. The zero-order valence-electron chi connectivity index (χ0n) is 22.7. The van der Waals surface area contributed by atoms with Crippen LogP contribution in [0.3, 0.4) is 0 Å². The molecular formula is C32H33FN2O3S. The van der Waals surface area contributed by atoms with Crippen LogP contribution < -0.4 is 14.8 Å². The quantitative estimate of drug-likeness (QED) is 0.323. The number of halogens is 1. The molecule has 6 rings (SSSR count). The maximum atomic E-state index is 14.4. The van der Waals surface area contributed by atoms with Gasteiger partial charge in [-0.05, 0) is 93.1 Å². The molecule has 0 aromatic heterocycles. The van der Waals surface area contributed by atoms with Crippen LogP contribution in [0.1, 0.15) is 56.7 Å². The SMILES string of the molecule is COc1c(O)ccc2c1-c1ccc3c(c1/C(=C/c1ccc(F)cc1SN1CCCCC1)O2)C(C)=CC(C)(C)N3. The number of fused-ring (bicyclic) bond motifs is 5. The van der Waals surface area contributed by atoms with Gasteiger partial charge in [0.1, 0.15) is 17.3 Å². The Balaban J connectivity index is 1.56. The van der Waals surface area contributed by atoms with Gasteiger partial charge in [0.05, 0.1) is 18.2 Å². The van der Waals surface area contributed by atoms with Crippen molar-refractivity contribution in [1.29, 1.82) is 0 Å². The zero-order valence-corrected chi connectivity index (χ0v) is 23.5. The van der Waals surface area contributed by atoms with Crippen LogP contribution in [0.25, 0.3) is 28.5 Å². The number of piperidine rings is 1. The van der Waals surface area contributed by atoms with Crippen LogP contribution in [0.15, 0.2) is 53.4 Å². The highest BCUT2D eigenvalue weighted by Gasteiger charge is 2.33. The van der Waals surface area contributed by atoms with Crippen molar-refractivity contribution in [3.05, 3.63) is 71.0 Å². The number of phenols is 1. The molecule has 39 heavy (non-hydrogen) atoms. The maximum absolute atomic E-state index is 14.4. The van der Waals surface area contributed by atoms with Crippen molar-refractivity contribution in [3.63, 3.8) is 0 Å². The van der Waals surface area contributed by atoms with Gasteiger partial charge >= 0.3 is 0 Å². The number of phenolic OH excluding ortho intramolecular Hbond substituents is 1. The minimum Gasteiger partial charge on any atom is -0.504 e. The van der Waals surface area contributed by atoms with Crippen LogP contribution in [0.4, 0.5) is 10.1 Å². The van der Waals surface area contributed by atoms with Crippen molar-refractivity contribution < 1.29 is 19.0 Å². The van der Waals surface area contributed by atoms with Crippen LogP contribution >= 0.6 is 11.9 Å². The third kappa shape index (κ3) is 4.79. The molecule has 202 valence electrons. The number of benzene rings is 3. The normalized spacial score (nSPS) is 18.8. The number of hydrogen-bond acceptors (Lipinski definition) is 6. The second-order valence-electron chi connectivity index (χ2n) is 10.9. The Bertz CT molecular complexity index is 1520. The molecule has 3 aromatic carbocycles. The van der Waals surface area contributed by atoms with Gasteiger partial charge in [-0.2, -0.15) is 0 Å². The van der Waals surface area contributed by atoms with E-state index in [1.54, 1.807) is 37.3 Å². The van der Waals surface area contributed by atoms with Crippen LogP contribution in [0.5, 0.6) is 17.2 Å². The van der Waals surface area contributed by atoms with E-state index in [0.717, 1.165) is 64.3 Å². The highest BCUT2D eigenvalue weighted by atomic mass is 32.2. The summed E-state index contributed by atoms with van der Waals surface area (Å²) in [5.74, 6) is 1.45. The number of methoxy groups -OCH3 is 1. The molecule has 0 radical (unpaired) electrons. The lowest BCUT2D eigenvalue weighted by Gasteiger charge is -2.35. The van der Waals surface area contributed by atoms with E-state index in [4.69, 9.17) is 9.47 Å². The van der Waals surface area contributed by atoms with E-state index in [1.807, 2.05) is 12.1 Å². The van der Waals surface area contributed by atoms with Crippen LogP contribution in [0.2, 0.25) is 0 Å². The minimum absolute atomic E-state index is 0.0567. The first-order chi connectivity index (χ1) is 18.7. The van der Waals surface area contributed by atoms with Gasteiger partial charge in [-0.15, -0.1) is 0 Å². The van der Waals surface area contributed by atoms with Gasteiger partial charge in [0.25, 0.3) is 0 Å². The third-order valence-electron chi connectivity index (χ3n) is 7.48. The van der Waals surface area contributed by atoms with Crippen molar-refractivity contribution in [1.82, 2.24) is 4.31 Å². The molecule has 0 unspecified atom stereocenters. The highest BCUT2D eigenvalue weighted by molar-refractivity contribution is 7.97. The first-order valence-electron chi connectivity index (χ1n) is 13.4. The summed E-state index contributed by atoms with van der Waals surface area (Å²) in [7, 11) is 1.55. The zero-order chi connectivity index (χ0) is 27.3. The van der Waals surface area contributed by atoms with E-state index in [0.29, 0.717) is 22.8 Å². The van der Waals surface area contributed by atoms with E-state index in [2.05, 4.69) is 48.6 Å². The molecule has 2 N–H and O–H groups in total. The second kappa shape index (κ2) is 9.96. The number of allylic oxidation sites excluding steroid dienone is 1. The Labute approximate surface area is 233 Å². The molecule has 3 aliphatic rings. The van der Waals surface area contributed by atoms with E-state index in [-0.39, 0.29) is 17.1 Å². The van der Waals surface area contributed by atoms with Crippen molar-refractivity contribution in [3.8, 4) is 28.4 Å². The van der Waals surface area contributed by atoms with Gasteiger partial charge in [-0.3, -0.25) is 0 Å². The summed E-state index contributed by atoms with van der Waals surface area (Å²) in [6.07, 6.45) is 7.78. The number of anilines is 1. The molecule has 1 fully saturated rings. The number of nitrogens with zero attached hydrogens (tertiary/aromatic N) is 1. The van der Waals surface area contributed by atoms with Crippen molar-refractivity contribution in [2.75, 3.05) is 25.5 Å². The molecule has 5 nitrogen and oxygen atoms in total. The number of aromatic hydroxyl groups is 1. The van der Waals surface area contributed by atoms with Gasteiger partial charge in [0.15, 0.2) is 11.5 Å². The molecule has 0 amide bonds. The second-order valence-corrected chi connectivity index (χ2v) is 12.1. The Morgan fingerprint density at radius 1 is 1.05 bits per heavy atom. The van der Waals surface area contributed by atoms with Crippen LogP contribution in [-0.2, 0) is 0 Å². The fourth-order valence-corrected chi connectivity index (χ4v) is 7.01. The van der Waals surface area contributed by atoms with E-state index >= 15 is 0 Å². The molecule has 1 saturated heterocycles. The number of nitrogens with one attached hydrogen (secondary N) is 1. The first kappa shape index (κ1) is 25.8. The van der Waals surface area contributed by atoms with Gasteiger partial charge in [-0.1, -0.05) is 24.6 Å². The van der Waals surface area contributed by atoms with Gasteiger partial charge in [-0.25, -0.2) is 8.70 Å². The maximum Gasteiger partial charge on any atom is 0.172 e. The lowest BCUT2D eigenvalue weighted by Crippen LogP contribution is -2.32. The van der Waals surface area contributed by atoms with Gasteiger partial charge in [0.2, 0.25) is 0 Å². The van der Waals surface area contributed by atoms with Gasteiger partial charge < -0.3 is 19.9 Å². The monoisotopic (exact) mass is 544 g/mol. The molecule has 0 atom stereocenters. The summed E-state index contributed by atoms with van der Waals surface area (Å²) in [6.45, 7) is 8.39. The fraction of sp³-hybridized carbons (Fsp3) is 0.312. The standard InChI is InChI=1S/C32H33FN2O3S/c1-19-18-32(2,3)34-23-11-10-22-29(28(19)23)26(38-25-13-12-24(36)31(37-4)30(22)25)16-20-8-9-21(33)17-27(20)39-35-14-6-5-7-15-35/h8-13,16-18,34,36H,5-7,14-15H2,1-4H3/b26-16-. The number of hydrogen-bond donors (Lipinski definition) is 2. The topological polar surface area (TPSA) is 54.0 Å². The van der Waals surface area contributed by atoms with Crippen molar-refractivity contribution in [2.45, 2.75) is 50.5 Å². The fourth-order valence-electron chi connectivity index (χ4n) is 5.89. The van der Waals surface area contributed by atoms with E-state index < -0.39 is 0 Å². The van der Waals surface area contributed by atoms with E-state index in [9.17, 15) is 9.50 Å². The highest BCUT2D eigenvalue weighted by Crippen LogP contribution is 2.54. The number of ether oxygens (including phenoxy) is 2. The predicted molar refractivity (Wildman–Crippen MR) is 158 cm³/mol. The van der Waals surface area contributed by atoms with Crippen molar-refractivity contribution >= 4 is 35.0 Å². The predicted octanol–water partition coefficient (Wildman–Crippen LogP) is 8.20. The molecule has 0 saturated carbocycles. The van der Waals surface area contributed by atoms with Gasteiger partial charge in [0, 0.05) is 40.4 Å². The summed E-state index contributed by atoms with van der Waals surface area (Å²) < 4.78 is 29.0. The minimum atomic E-state index is -0.255. The van der Waals surface area contributed by atoms with Crippen LogP contribution in [-0.4, -0.2) is 35.1 Å². The molecular weight excluding hydrogens is 511 g/mol. The Hall–Kier alpha value is -3.42. The summed E-state index contributed by atoms with van der Waals surface area (Å²) in [6, 6.07) is 12.4. The molecule has 3 heterocycles. The summed E-state index contributed by atoms with van der Waals surface area (Å²) >= 11 is 1.61. The molecule has 3 aromatic rings. The Kier molecular flexibility index (Phi) is 6.60.